The van der Waals surface area contributed by atoms with Gasteiger partial charge in [-0.15, -0.1) is 0 Å². The van der Waals surface area contributed by atoms with Crippen LogP contribution in [0, 0.1) is 5.82 Å². The Morgan fingerprint density at radius 2 is 1.95 bits per heavy atom. The van der Waals surface area contributed by atoms with Gasteiger partial charge in [0, 0.05) is 31.4 Å². The average molecular weight is 542 g/mol. The number of piperidine rings is 1. The van der Waals surface area contributed by atoms with Gasteiger partial charge in [-0.3, -0.25) is 0 Å². The molecule has 2 fully saturated rings. The number of aromatic nitrogens is 4. The number of hydrazine groups is 1. The van der Waals surface area contributed by atoms with E-state index in [0.29, 0.717) is 36.2 Å². The lowest BCUT2D eigenvalue weighted by Crippen LogP contribution is -2.45. The van der Waals surface area contributed by atoms with Crippen LogP contribution in [-0.4, -0.2) is 68.3 Å². The van der Waals surface area contributed by atoms with Gasteiger partial charge >= 0.3 is 6.18 Å². The summed E-state index contributed by atoms with van der Waals surface area (Å²) in [6.45, 7) is 3.71. The molecule has 2 unspecified atom stereocenters. The fourth-order valence-electron chi connectivity index (χ4n) is 4.64. The summed E-state index contributed by atoms with van der Waals surface area (Å²) < 4.78 is 71.1. The van der Waals surface area contributed by atoms with Crippen LogP contribution in [0.4, 0.5) is 27.8 Å². The molecule has 5 rings (SSSR count). The Bertz CT molecular complexity index is 1250. The van der Waals surface area contributed by atoms with Crippen LogP contribution in [-0.2, 0) is 12.7 Å². The van der Waals surface area contributed by atoms with Gasteiger partial charge in [0.1, 0.15) is 29.2 Å². The van der Waals surface area contributed by atoms with E-state index >= 15 is 4.39 Å². The zero-order valence-electron chi connectivity index (χ0n) is 19.7. The molecule has 198 valence electrons. The summed E-state index contributed by atoms with van der Waals surface area (Å²) in [5.41, 5.74) is 2.04. The molecule has 2 aromatic heterocycles. The Hall–Kier alpha value is -2.83. The second-order valence-electron chi connectivity index (χ2n) is 9.25. The predicted molar refractivity (Wildman–Crippen MR) is 128 cm³/mol. The third-order valence-corrected chi connectivity index (χ3v) is 7.06. The molecule has 4 heterocycles. The molecule has 2 aliphatic heterocycles. The van der Waals surface area contributed by atoms with Gasteiger partial charge in [-0.25, -0.2) is 28.7 Å². The zero-order valence-corrected chi connectivity index (χ0v) is 20.5. The second-order valence-corrected chi connectivity index (χ2v) is 9.66. The van der Waals surface area contributed by atoms with E-state index in [-0.39, 0.29) is 17.8 Å². The Morgan fingerprint density at radius 1 is 1.14 bits per heavy atom. The molecule has 3 aromatic rings. The molecule has 13 heteroatoms. The Kier molecular flexibility index (Phi) is 7.32. The van der Waals surface area contributed by atoms with E-state index in [0.717, 1.165) is 38.2 Å². The van der Waals surface area contributed by atoms with E-state index in [9.17, 15) is 17.6 Å². The maximum atomic E-state index is 15.5. The number of benzene rings is 1. The van der Waals surface area contributed by atoms with Crippen LogP contribution in [0.3, 0.4) is 0 Å². The minimum atomic E-state index is -4.83. The van der Waals surface area contributed by atoms with E-state index in [1.54, 1.807) is 11.2 Å². The molecule has 0 aliphatic carbocycles. The first kappa shape index (κ1) is 25.8. The lowest BCUT2D eigenvalue weighted by Gasteiger charge is -2.35. The van der Waals surface area contributed by atoms with Crippen LogP contribution in [0.5, 0.6) is 0 Å². The average Bonchev–Trinajstić information content (AvgIpc) is 3.23. The predicted octanol–water partition coefficient (Wildman–Crippen LogP) is 5.01. The first-order valence-electron chi connectivity index (χ1n) is 12.0. The Morgan fingerprint density at radius 3 is 2.62 bits per heavy atom. The molecule has 2 saturated heterocycles. The number of nitrogens with one attached hydrogen (secondary N) is 1. The Balaban J connectivity index is 1.39. The van der Waals surface area contributed by atoms with Crippen molar-refractivity contribution in [3.8, 4) is 11.3 Å². The first-order valence-corrected chi connectivity index (χ1v) is 12.3. The monoisotopic (exact) mass is 541 g/mol. The van der Waals surface area contributed by atoms with Gasteiger partial charge < -0.3 is 14.9 Å². The van der Waals surface area contributed by atoms with Crippen LogP contribution >= 0.6 is 11.6 Å². The number of rotatable bonds is 7. The fourth-order valence-corrected chi connectivity index (χ4v) is 4.79. The third kappa shape index (κ3) is 5.70. The number of halogens is 6. The number of alkyl halides is 4. The third-order valence-electron chi connectivity index (χ3n) is 6.79. The molecule has 7 nitrogen and oxygen atoms in total. The van der Waals surface area contributed by atoms with Gasteiger partial charge in [0.15, 0.2) is 5.82 Å². The van der Waals surface area contributed by atoms with Crippen LogP contribution < -0.4 is 5.43 Å². The van der Waals surface area contributed by atoms with Crippen molar-refractivity contribution in [2.75, 3.05) is 38.1 Å². The number of nitrogens with zero attached hydrogens (tertiary/aromatic N) is 6. The van der Waals surface area contributed by atoms with Gasteiger partial charge in [0.2, 0.25) is 0 Å². The fraction of sp³-hybridized carbons (Fsp3) is 0.458. The largest absolute Gasteiger partial charge is 0.419 e. The molecule has 37 heavy (non-hydrogen) atoms. The topological polar surface area (TPSA) is 62.1 Å². The quantitative estimate of drug-likeness (QED) is 0.424. The van der Waals surface area contributed by atoms with Gasteiger partial charge in [-0.05, 0) is 44.1 Å². The van der Waals surface area contributed by atoms with Gasteiger partial charge in [0.05, 0.1) is 29.9 Å². The van der Waals surface area contributed by atoms with Crippen molar-refractivity contribution < 1.29 is 22.0 Å². The van der Waals surface area contributed by atoms with Crippen molar-refractivity contribution in [1.29, 1.82) is 0 Å². The van der Waals surface area contributed by atoms with Gasteiger partial charge in [0.25, 0.3) is 0 Å². The molecule has 2 aliphatic rings. The summed E-state index contributed by atoms with van der Waals surface area (Å²) in [5.74, 6) is -1.06. The number of hydrogen-bond donors (Lipinski definition) is 1. The van der Waals surface area contributed by atoms with E-state index in [4.69, 9.17) is 11.6 Å². The number of hydrogen-bond acceptors (Lipinski definition) is 6. The maximum absolute atomic E-state index is 15.5. The highest BCUT2D eigenvalue weighted by Crippen LogP contribution is 2.36. The summed E-state index contributed by atoms with van der Waals surface area (Å²) in [7, 11) is 0. The highest BCUT2D eigenvalue weighted by atomic mass is 35.5. The van der Waals surface area contributed by atoms with Gasteiger partial charge in [-0.1, -0.05) is 11.6 Å². The molecular formula is C24H25ClF5N7. The first-order chi connectivity index (χ1) is 17.7. The molecule has 0 spiro atoms. The summed E-state index contributed by atoms with van der Waals surface area (Å²) in [6.07, 6.45) is -0.198. The Labute approximate surface area is 215 Å². The molecule has 0 bridgehead atoms. The summed E-state index contributed by atoms with van der Waals surface area (Å²) in [5, 5.41) is 1.99. The maximum Gasteiger partial charge on any atom is 0.419 e. The lowest BCUT2D eigenvalue weighted by molar-refractivity contribution is -0.139. The molecule has 0 saturated carbocycles. The van der Waals surface area contributed by atoms with Crippen molar-refractivity contribution in [2.24, 2.45) is 0 Å². The van der Waals surface area contributed by atoms with Gasteiger partial charge in [-0.2, -0.15) is 13.2 Å². The van der Waals surface area contributed by atoms with E-state index in [2.05, 4.69) is 25.3 Å². The highest BCUT2D eigenvalue weighted by Gasteiger charge is 2.36. The molecule has 1 N–H and O–H groups in total. The number of imidazole rings is 1. The van der Waals surface area contributed by atoms with Crippen molar-refractivity contribution in [2.45, 2.75) is 37.7 Å². The lowest BCUT2D eigenvalue weighted by atomic mass is 9.94. The van der Waals surface area contributed by atoms with Crippen molar-refractivity contribution in [1.82, 2.24) is 29.4 Å². The van der Waals surface area contributed by atoms with Crippen LogP contribution in [0.15, 0.2) is 36.9 Å². The van der Waals surface area contributed by atoms with E-state index in [1.807, 2.05) is 4.57 Å². The van der Waals surface area contributed by atoms with Crippen LogP contribution in [0.25, 0.3) is 11.3 Å². The SMILES string of the molecule is Fc1ccc(-c2cn(CCN3CCC3)c(C3CCN(Nc4ncncc4Cl)CC3F)n2)cc1C(F)(F)F. The van der Waals surface area contributed by atoms with Crippen molar-refractivity contribution in [3.05, 3.63) is 59.1 Å². The normalized spacial score (nSPS) is 21.1. The summed E-state index contributed by atoms with van der Waals surface area (Å²) in [6, 6.07) is 2.81. The minimum Gasteiger partial charge on any atom is -0.333 e. The molecular weight excluding hydrogens is 517 g/mol. The van der Waals surface area contributed by atoms with E-state index < -0.39 is 29.6 Å². The molecule has 0 amide bonds. The number of anilines is 1. The van der Waals surface area contributed by atoms with Crippen molar-refractivity contribution >= 4 is 17.4 Å². The molecule has 1 aromatic carbocycles. The minimum absolute atomic E-state index is 0.0358. The number of likely N-dealkylation sites (tertiary alicyclic amines) is 1. The van der Waals surface area contributed by atoms with Crippen LogP contribution in [0.1, 0.15) is 30.1 Å². The highest BCUT2D eigenvalue weighted by molar-refractivity contribution is 6.32. The molecule has 0 radical (unpaired) electrons. The summed E-state index contributed by atoms with van der Waals surface area (Å²) >= 11 is 6.09. The second kappa shape index (κ2) is 10.5. The van der Waals surface area contributed by atoms with Crippen molar-refractivity contribution in [3.63, 3.8) is 0 Å². The standard InChI is InChI=1S/C24H25ClF5N7/c25-18-11-31-14-32-22(18)34-37-7-4-16(20(27)12-37)23-33-21(13-36(23)9-8-35-5-1-6-35)15-2-3-19(26)17(10-15)24(28,29)30/h2-3,10-11,13-14,16,20H,1,4-9,12H2,(H,31,32,34). The summed E-state index contributed by atoms with van der Waals surface area (Å²) in [4.78, 5) is 14.7. The molecule has 2 atom stereocenters. The zero-order chi connectivity index (χ0) is 26.2. The van der Waals surface area contributed by atoms with E-state index in [1.165, 1.54) is 18.6 Å². The van der Waals surface area contributed by atoms with Crippen LogP contribution in [0.2, 0.25) is 5.02 Å². The smallest absolute Gasteiger partial charge is 0.333 e.